The van der Waals surface area contributed by atoms with Crippen molar-refractivity contribution < 1.29 is 4.79 Å². The minimum atomic E-state index is -0.431. The minimum Gasteiger partial charge on any atom is -0.338 e. The first kappa shape index (κ1) is 21.8. The van der Waals surface area contributed by atoms with Crippen LogP contribution in [0.1, 0.15) is 56.0 Å². The number of carbonyl (C=O) groups is 1. The molecule has 2 fully saturated rings. The maximum absolute atomic E-state index is 13.9. The SMILES string of the molecule is CCn1cc(CN2C[C@@H](c3cn(C(C)C)cn3)[C@]3(CCN(Cc4cccnc4)C3=O)C2)cn1. The Morgan fingerprint density at radius 3 is 2.76 bits per heavy atom. The van der Waals surface area contributed by atoms with Crippen LogP contribution in [0, 0.1) is 5.41 Å². The molecule has 0 saturated carbocycles. The van der Waals surface area contributed by atoms with Gasteiger partial charge in [0.05, 0.1) is 23.6 Å². The second-order valence-corrected chi connectivity index (χ2v) is 9.76. The molecule has 0 aliphatic carbocycles. The molecule has 1 spiro atoms. The van der Waals surface area contributed by atoms with Crippen LogP contribution in [0.2, 0.25) is 0 Å². The molecule has 0 radical (unpaired) electrons. The third kappa shape index (κ3) is 4.08. The van der Waals surface area contributed by atoms with E-state index in [1.807, 2.05) is 40.4 Å². The van der Waals surface area contributed by atoms with Crippen LogP contribution in [-0.4, -0.2) is 59.7 Å². The van der Waals surface area contributed by atoms with Crippen LogP contribution < -0.4 is 0 Å². The Morgan fingerprint density at radius 2 is 2.06 bits per heavy atom. The Kier molecular flexibility index (Phi) is 5.78. The van der Waals surface area contributed by atoms with Gasteiger partial charge in [0, 0.05) is 81.6 Å². The molecule has 2 aliphatic rings. The lowest BCUT2D eigenvalue weighted by atomic mass is 9.75. The van der Waals surface area contributed by atoms with Crippen molar-refractivity contribution in [2.24, 2.45) is 5.41 Å². The number of hydrogen-bond acceptors (Lipinski definition) is 5. The second-order valence-electron chi connectivity index (χ2n) is 9.76. The molecular weight excluding hydrogens is 414 g/mol. The van der Waals surface area contributed by atoms with E-state index in [1.54, 1.807) is 6.20 Å². The van der Waals surface area contributed by atoms with Crippen molar-refractivity contribution in [2.45, 2.75) is 58.8 Å². The molecule has 3 aromatic rings. The van der Waals surface area contributed by atoms with Crippen molar-refractivity contribution >= 4 is 5.91 Å². The van der Waals surface area contributed by atoms with Gasteiger partial charge in [0.15, 0.2) is 0 Å². The Balaban J connectivity index is 1.42. The molecule has 2 aliphatic heterocycles. The van der Waals surface area contributed by atoms with E-state index >= 15 is 0 Å². The van der Waals surface area contributed by atoms with Gasteiger partial charge >= 0.3 is 0 Å². The van der Waals surface area contributed by atoms with E-state index in [0.717, 1.165) is 50.4 Å². The quantitative estimate of drug-likeness (QED) is 0.557. The number of carbonyl (C=O) groups excluding carboxylic acids is 1. The summed E-state index contributed by atoms with van der Waals surface area (Å²) in [5.74, 6) is 0.340. The van der Waals surface area contributed by atoms with Crippen molar-refractivity contribution in [3.8, 4) is 0 Å². The lowest BCUT2D eigenvalue weighted by Crippen LogP contribution is -2.39. The molecule has 3 aromatic heterocycles. The molecule has 0 aromatic carbocycles. The molecule has 8 heteroatoms. The average Bonchev–Trinajstić information content (AvgIpc) is 3.59. The summed E-state index contributed by atoms with van der Waals surface area (Å²) >= 11 is 0. The zero-order valence-electron chi connectivity index (χ0n) is 19.8. The van der Waals surface area contributed by atoms with Crippen LogP contribution in [0.15, 0.2) is 49.4 Å². The number of aryl methyl sites for hydroxylation is 1. The molecule has 1 amide bonds. The standard InChI is InChI=1S/C25H33N7O/c1-4-32-14-21(11-28-32)12-29-15-22(23-16-31(18-27-23)19(2)3)25(17-29)7-9-30(24(25)33)13-20-6-5-8-26-10-20/h5-6,8,10-11,14,16,18-19,22H,4,7,9,12-13,15,17H2,1-3H3/t22-,25-/m0/s1. The zero-order chi connectivity index (χ0) is 23.0. The molecule has 174 valence electrons. The van der Waals surface area contributed by atoms with Crippen molar-refractivity contribution in [1.29, 1.82) is 0 Å². The summed E-state index contributed by atoms with van der Waals surface area (Å²) in [4.78, 5) is 27.4. The average molecular weight is 448 g/mol. The van der Waals surface area contributed by atoms with E-state index in [2.05, 4.69) is 52.7 Å². The van der Waals surface area contributed by atoms with E-state index in [0.29, 0.717) is 12.6 Å². The van der Waals surface area contributed by atoms with E-state index in [-0.39, 0.29) is 11.8 Å². The first-order valence-corrected chi connectivity index (χ1v) is 11.9. The monoisotopic (exact) mass is 447 g/mol. The molecule has 8 nitrogen and oxygen atoms in total. The molecule has 0 bridgehead atoms. The number of rotatable bonds is 7. The Bertz CT molecular complexity index is 1100. The van der Waals surface area contributed by atoms with Crippen LogP contribution in [0.3, 0.4) is 0 Å². The highest BCUT2D eigenvalue weighted by atomic mass is 16.2. The lowest BCUT2D eigenvalue weighted by molar-refractivity contribution is -0.136. The van der Waals surface area contributed by atoms with Gasteiger partial charge in [-0.1, -0.05) is 6.07 Å². The van der Waals surface area contributed by atoms with Gasteiger partial charge in [-0.3, -0.25) is 19.4 Å². The van der Waals surface area contributed by atoms with Gasteiger partial charge in [-0.05, 0) is 38.8 Å². The smallest absolute Gasteiger partial charge is 0.231 e. The van der Waals surface area contributed by atoms with Crippen LogP contribution >= 0.6 is 0 Å². The Morgan fingerprint density at radius 1 is 1.18 bits per heavy atom. The van der Waals surface area contributed by atoms with Gasteiger partial charge < -0.3 is 9.47 Å². The van der Waals surface area contributed by atoms with Crippen molar-refractivity contribution in [1.82, 2.24) is 34.1 Å². The third-order valence-corrected chi connectivity index (χ3v) is 7.24. The predicted molar refractivity (Wildman–Crippen MR) is 125 cm³/mol. The molecule has 2 atom stereocenters. The summed E-state index contributed by atoms with van der Waals surface area (Å²) in [5.41, 5.74) is 2.87. The maximum atomic E-state index is 13.9. The maximum Gasteiger partial charge on any atom is 0.231 e. The topological polar surface area (TPSA) is 72.1 Å². The van der Waals surface area contributed by atoms with E-state index in [4.69, 9.17) is 4.98 Å². The van der Waals surface area contributed by atoms with Crippen LogP contribution in [0.4, 0.5) is 0 Å². The predicted octanol–water partition coefficient (Wildman–Crippen LogP) is 3.09. The Hall–Kier alpha value is -3.00. The lowest BCUT2D eigenvalue weighted by Gasteiger charge is -2.28. The number of likely N-dealkylation sites (tertiary alicyclic amines) is 2. The number of pyridine rings is 1. The highest BCUT2D eigenvalue weighted by Crippen LogP contribution is 2.50. The first-order valence-electron chi connectivity index (χ1n) is 11.9. The summed E-state index contributed by atoms with van der Waals surface area (Å²) in [6, 6.07) is 4.32. The summed E-state index contributed by atoms with van der Waals surface area (Å²) in [5, 5.41) is 4.43. The molecule has 0 N–H and O–H groups in total. The number of imidazole rings is 1. The fourth-order valence-electron chi connectivity index (χ4n) is 5.43. The van der Waals surface area contributed by atoms with Gasteiger partial charge in [-0.25, -0.2) is 4.98 Å². The first-order chi connectivity index (χ1) is 16.0. The van der Waals surface area contributed by atoms with Gasteiger partial charge in [0.25, 0.3) is 0 Å². The fraction of sp³-hybridized carbons (Fsp3) is 0.520. The summed E-state index contributed by atoms with van der Waals surface area (Å²) in [7, 11) is 0. The Labute approximate surface area is 195 Å². The molecule has 0 unspecified atom stereocenters. The van der Waals surface area contributed by atoms with E-state index in [1.165, 1.54) is 5.56 Å². The number of aromatic nitrogens is 5. The van der Waals surface area contributed by atoms with Gasteiger partial charge in [0.2, 0.25) is 5.91 Å². The van der Waals surface area contributed by atoms with Crippen LogP contribution in [-0.2, 0) is 24.4 Å². The number of amides is 1. The summed E-state index contributed by atoms with van der Waals surface area (Å²) in [6.45, 7) is 11.1. The van der Waals surface area contributed by atoms with Gasteiger partial charge in [-0.15, -0.1) is 0 Å². The largest absolute Gasteiger partial charge is 0.338 e. The molecule has 5 rings (SSSR count). The van der Waals surface area contributed by atoms with E-state index in [9.17, 15) is 4.79 Å². The van der Waals surface area contributed by atoms with Crippen LogP contribution in [0.5, 0.6) is 0 Å². The molecular formula is C25H33N7O. The second kappa shape index (κ2) is 8.74. The molecule has 5 heterocycles. The van der Waals surface area contributed by atoms with E-state index < -0.39 is 5.41 Å². The van der Waals surface area contributed by atoms with Crippen molar-refractivity contribution in [3.63, 3.8) is 0 Å². The fourth-order valence-corrected chi connectivity index (χ4v) is 5.43. The van der Waals surface area contributed by atoms with Crippen molar-refractivity contribution in [3.05, 3.63) is 66.3 Å². The normalized spacial score (nSPS) is 23.5. The highest BCUT2D eigenvalue weighted by molar-refractivity contribution is 5.86. The molecule has 2 saturated heterocycles. The molecule has 33 heavy (non-hydrogen) atoms. The number of hydrogen-bond donors (Lipinski definition) is 0. The zero-order valence-corrected chi connectivity index (χ0v) is 19.8. The summed E-state index contributed by atoms with van der Waals surface area (Å²) in [6.07, 6.45) is 12.6. The third-order valence-electron chi connectivity index (χ3n) is 7.24. The van der Waals surface area contributed by atoms with Gasteiger partial charge in [0.1, 0.15) is 0 Å². The van der Waals surface area contributed by atoms with Crippen molar-refractivity contribution in [2.75, 3.05) is 19.6 Å². The minimum absolute atomic E-state index is 0.0881. The number of nitrogens with zero attached hydrogens (tertiary/aromatic N) is 7. The summed E-state index contributed by atoms with van der Waals surface area (Å²) < 4.78 is 4.10. The van der Waals surface area contributed by atoms with Gasteiger partial charge in [-0.2, -0.15) is 5.10 Å². The van der Waals surface area contributed by atoms with Crippen LogP contribution in [0.25, 0.3) is 0 Å². The highest BCUT2D eigenvalue weighted by Gasteiger charge is 2.57.